The Morgan fingerprint density at radius 2 is 1.96 bits per heavy atom. The maximum Gasteiger partial charge on any atom is 0.217 e. The molecule has 140 valence electrons. The SMILES string of the molecule is CC(=O)N[C@H]1Cc2ccccc2[C@@H]1C=Cc1ccc(-c2cccc(F)c2)cn1. The molecule has 2 aromatic carbocycles. The molecule has 28 heavy (non-hydrogen) atoms. The van der Waals surface area contributed by atoms with E-state index in [1.165, 1.54) is 23.3 Å². The van der Waals surface area contributed by atoms with Crippen molar-refractivity contribution in [2.45, 2.75) is 25.3 Å². The number of nitrogens with one attached hydrogen (secondary N) is 1. The fourth-order valence-corrected chi connectivity index (χ4v) is 3.81. The molecule has 1 aliphatic carbocycles. The van der Waals surface area contributed by atoms with Gasteiger partial charge in [-0.3, -0.25) is 9.78 Å². The number of benzene rings is 2. The summed E-state index contributed by atoms with van der Waals surface area (Å²) in [6, 6.07) is 18.7. The highest BCUT2D eigenvalue weighted by molar-refractivity contribution is 5.74. The summed E-state index contributed by atoms with van der Waals surface area (Å²) in [5, 5.41) is 3.06. The highest BCUT2D eigenvalue weighted by Crippen LogP contribution is 2.34. The largest absolute Gasteiger partial charge is 0.352 e. The molecular weight excluding hydrogens is 351 g/mol. The van der Waals surface area contributed by atoms with E-state index in [1.54, 1.807) is 19.2 Å². The minimum Gasteiger partial charge on any atom is -0.352 e. The Hall–Kier alpha value is -3.27. The number of nitrogens with zero attached hydrogens (tertiary/aromatic N) is 1. The van der Waals surface area contributed by atoms with Crippen LogP contribution in [-0.2, 0) is 11.2 Å². The van der Waals surface area contributed by atoms with Crippen LogP contribution in [0, 0.1) is 5.82 Å². The van der Waals surface area contributed by atoms with E-state index in [2.05, 4.69) is 28.5 Å². The third kappa shape index (κ3) is 3.86. The second kappa shape index (κ2) is 7.77. The van der Waals surface area contributed by atoms with E-state index in [0.717, 1.165) is 23.2 Å². The number of carbonyl (C=O) groups excluding carboxylic acids is 1. The van der Waals surface area contributed by atoms with Gasteiger partial charge in [0, 0.05) is 30.6 Å². The molecule has 3 nitrogen and oxygen atoms in total. The summed E-state index contributed by atoms with van der Waals surface area (Å²) in [6.07, 6.45) is 6.67. The van der Waals surface area contributed by atoms with Crippen LogP contribution in [0.25, 0.3) is 17.2 Å². The number of rotatable bonds is 4. The van der Waals surface area contributed by atoms with E-state index in [-0.39, 0.29) is 23.7 Å². The molecule has 4 rings (SSSR count). The average molecular weight is 372 g/mol. The van der Waals surface area contributed by atoms with E-state index in [9.17, 15) is 9.18 Å². The third-order valence-electron chi connectivity index (χ3n) is 5.09. The van der Waals surface area contributed by atoms with Crippen LogP contribution in [0.15, 0.2) is 72.9 Å². The van der Waals surface area contributed by atoms with Gasteiger partial charge in [-0.2, -0.15) is 0 Å². The molecular formula is C24H21FN2O. The van der Waals surface area contributed by atoms with Crippen molar-refractivity contribution in [3.05, 3.63) is 95.6 Å². The van der Waals surface area contributed by atoms with Gasteiger partial charge in [-0.05, 0) is 47.4 Å². The van der Waals surface area contributed by atoms with E-state index < -0.39 is 0 Å². The second-order valence-corrected chi connectivity index (χ2v) is 7.08. The van der Waals surface area contributed by atoms with Gasteiger partial charge in [0.25, 0.3) is 0 Å². The number of pyridine rings is 1. The molecule has 3 aromatic rings. The number of amides is 1. The molecule has 1 N–H and O–H groups in total. The molecule has 4 heteroatoms. The van der Waals surface area contributed by atoms with E-state index in [4.69, 9.17) is 0 Å². The van der Waals surface area contributed by atoms with Gasteiger partial charge in [0.2, 0.25) is 5.91 Å². The Labute approximate surface area is 164 Å². The minimum absolute atomic E-state index is 0.0197. The number of carbonyl (C=O) groups is 1. The van der Waals surface area contributed by atoms with Crippen LogP contribution >= 0.6 is 0 Å². The second-order valence-electron chi connectivity index (χ2n) is 7.08. The summed E-state index contributed by atoms with van der Waals surface area (Å²) in [5.41, 5.74) is 5.02. The molecule has 2 atom stereocenters. The van der Waals surface area contributed by atoms with Gasteiger partial charge in [-0.15, -0.1) is 0 Å². The predicted octanol–water partition coefficient (Wildman–Crippen LogP) is 4.75. The highest BCUT2D eigenvalue weighted by Gasteiger charge is 2.30. The zero-order valence-electron chi connectivity index (χ0n) is 15.6. The summed E-state index contributed by atoms with van der Waals surface area (Å²) in [4.78, 5) is 16.1. The number of hydrogen-bond donors (Lipinski definition) is 1. The van der Waals surface area contributed by atoms with Crippen molar-refractivity contribution in [3.63, 3.8) is 0 Å². The van der Waals surface area contributed by atoms with Crippen molar-refractivity contribution >= 4 is 12.0 Å². The molecule has 1 aromatic heterocycles. The van der Waals surface area contributed by atoms with Crippen LogP contribution in [0.4, 0.5) is 4.39 Å². The van der Waals surface area contributed by atoms with Crippen molar-refractivity contribution in [1.82, 2.24) is 10.3 Å². The number of fused-ring (bicyclic) bond motifs is 1. The van der Waals surface area contributed by atoms with Crippen molar-refractivity contribution < 1.29 is 9.18 Å². The first-order chi connectivity index (χ1) is 13.6. The van der Waals surface area contributed by atoms with Crippen LogP contribution < -0.4 is 5.32 Å². The van der Waals surface area contributed by atoms with Gasteiger partial charge in [-0.1, -0.05) is 48.5 Å². The number of hydrogen-bond acceptors (Lipinski definition) is 2. The molecule has 0 bridgehead atoms. The van der Waals surface area contributed by atoms with Gasteiger partial charge in [0.15, 0.2) is 0 Å². The quantitative estimate of drug-likeness (QED) is 0.718. The summed E-state index contributed by atoms with van der Waals surface area (Å²) in [6.45, 7) is 1.55. The topological polar surface area (TPSA) is 42.0 Å². The van der Waals surface area contributed by atoms with E-state index >= 15 is 0 Å². The summed E-state index contributed by atoms with van der Waals surface area (Å²) in [5.74, 6) is -0.163. The van der Waals surface area contributed by atoms with Crippen molar-refractivity contribution in [2.75, 3.05) is 0 Å². The summed E-state index contributed by atoms with van der Waals surface area (Å²) in [7, 11) is 0. The number of aromatic nitrogens is 1. The first-order valence-corrected chi connectivity index (χ1v) is 9.35. The molecule has 1 heterocycles. The summed E-state index contributed by atoms with van der Waals surface area (Å²) >= 11 is 0. The van der Waals surface area contributed by atoms with Gasteiger partial charge in [0.1, 0.15) is 5.82 Å². The summed E-state index contributed by atoms with van der Waals surface area (Å²) < 4.78 is 13.4. The first-order valence-electron chi connectivity index (χ1n) is 9.35. The third-order valence-corrected chi connectivity index (χ3v) is 5.09. The maximum absolute atomic E-state index is 13.4. The maximum atomic E-state index is 13.4. The Bertz CT molecular complexity index is 1030. The van der Waals surface area contributed by atoms with Gasteiger partial charge in [0.05, 0.1) is 5.69 Å². The zero-order chi connectivity index (χ0) is 19.5. The van der Waals surface area contributed by atoms with E-state index in [0.29, 0.717) is 0 Å². The monoisotopic (exact) mass is 372 g/mol. The van der Waals surface area contributed by atoms with Crippen LogP contribution in [0.5, 0.6) is 0 Å². The van der Waals surface area contributed by atoms with Crippen molar-refractivity contribution in [3.8, 4) is 11.1 Å². The number of halogens is 1. The molecule has 0 radical (unpaired) electrons. The average Bonchev–Trinajstić information content (AvgIpc) is 3.03. The predicted molar refractivity (Wildman–Crippen MR) is 109 cm³/mol. The van der Waals surface area contributed by atoms with Gasteiger partial charge in [-0.25, -0.2) is 4.39 Å². The lowest BCUT2D eigenvalue weighted by molar-refractivity contribution is -0.119. The molecule has 0 unspecified atom stereocenters. The van der Waals surface area contributed by atoms with Crippen LogP contribution in [-0.4, -0.2) is 16.9 Å². The Kier molecular flexibility index (Phi) is 5.02. The fourth-order valence-electron chi connectivity index (χ4n) is 3.81. The molecule has 0 saturated heterocycles. The standard InChI is InChI=1S/C24H21FN2O/c1-16(28)27-24-14-18-5-2-3-8-22(18)23(24)12-11-21-10-9-19(15-26-21)17-6-4-7-20(25)13-17/h2-13,15,23-24H,14H2,1H3,(H,27,28)/t23-,24-/m0/s1. The highest BCUT2D eigenvalue weighted by atomic mass is 19.1. The molecule has 0 fully saturated rings. The fraction of sp³-hybridized carbons (Fsp3) is 0.167. The molecule has 1 aliphatic rings. The lowest BCUT2D eigenvalue weighted by atomic mass is 9.97. The molecule has 0 aliphatic heterocycles. The molecule has 0 saturated carbocycles. The van der Waals surface area contributed by atoms with Gasteiger partial charge >= 0.3 is 0 Å². The van der Waals surface area contributed by atoms with Crippen molar-refractivity contribution in [2.24, 2.45) is 0 Å². The van der Waals surface area contributed by atoms with Gasteiger partial charge < -0.3 is 5.32 Å². The Morgan fingerprint density at radius 3 is 2.71 bits per heavy atom. The molecule has 0 spiro atoms. The zero-order valence-corrected chi connectivity index (χ0v) is 15.6. The van der Waals surface area contributed by atoms with Crippen LogP contribution in [0.1, 0.15) is 29.7 Å². The normalized spacial score (nSPS) is 18.2. The van der Waals surface area contributed by atoms with E-state index in [1.807, 2.05) is 36.4 Å². The Balaban J connectivity index is 1.56. The van der Waals surface area contributed by atoms with Crippen LogP contribution in [0.3, 0.4) is 0 Å². The van der Waals surface area contributed by atoms with Crippen LogP contribution in [0.2, 0.25) is 0 Å². The smallest absolute Gasteiger partial charge is 0.217 e. The Morgan fingerprint density at radius 1 is 1.11 bits per heavy atom. The lowest BCUT2D eigenvalue weighted by Gasteiger charge is -2.18. The molecule has 1 amide bonds. The lowest BCUT2D eigenvalue weighted by Crippen LogP contribution is -2.35. The first kappa shape index (κ1) is 18.1. The minimum atomic E-state index is -0.259. The van der Waals surface area contributed by atoms with Crippen molar-refractivity contribution in [1.29, 1.82) is 0 Å².